The van der Waals surface area contributed by atoms with Gasteiger partial charge in [-0.05, 0) is 24.8 Å². The molecule has 0 fully saturated rings. The Labute approximate surface area is 106 Å². The number of hydrogen-bond donors (Lipinski definition) is 0. The number of para-hydroxylation sites is 1. The number of aromatic nitrogens is 1. The number of fused-ring (bicyclic) bond motifs is 1. The van der Waals surface area contributed by atoms with E-state index in [9.17, 15) is 10.1 Å². The van der Waals surface area contributed by atoms with Crippen LogP contribution in [0.25, 0.3) is 10.9 Å². The van der Waals surface area contributed by atoms with E-state index in [1.165, 1.54) is 0 Å². The van der Waals surface area contributed by atoms with Crippen molar-refractivity contribution in [1.82, 2.24) is 4.57 Å². The number of nitrogens with zero attached hydrogens (tertiary/aromatic N) is 2. The van der Waals surface area contributed by atoms with E-state index in [0.717, 1.165) is 30.3 Å². The molecule has 18 heavy (non-hydrogen) atoms. The second-order valence-electron chi connectivity index (χ2n) is 5.02. The van der Waals surface area contributed by atoms with Crippen molar-refractivity contribution in [2.24, 2.45) is 5.92 Å². The lowest BCUT2D eigenvalue weighted by Crippen LogP contribution is -2.00. The summed E-state index contributed by atoms with van der Waals surface area (Å²) in [5.74, 6) is 0.668. The number of benzene rings is 1. The molecule has 96 valence electrons. The van der Waals surface area contributed by atoms with Crippen LogP contribution in [0.2, 0.25) is 0 Å². The molecule has 0 radical (unpaired) electrons. The summed E-state index contributed by atoms with van der Waals surface area (Å²) in [4.78, 5) is 10.7. The Morgan fingerprint density at radius 1 is 1.33 bits per heavy atom. The van der Waals surface area contributed by atoms with Crippen LogP contribution in [-0.4, -0.2) is 9.49 Å². The van der Waals surface area contributed by atoms with Crippen LogP contribution in [-0.2, 0) is 6.54 Å². The predicted octanol–water partition coefficient (Wildman–Crippen LogP) is 3.99. The van der Waals surface area contributed by atoms with Crippen molar-refractivity contribution in [3.8, 4) is 0 Å². The van der Waals surface area contributed by atoms with Gasteiger partial charge in [-0.25, -0.2) is 0 Å². The first-order valence-corrected chi connectivity index (χ1v) is 6.32. The fraction of sp³-hybridized carbons (Fsp3) is 0.429. The van der Waals surface area contributed by atoms with Crippen LogP contribution in [0.1, 0.15) is 26.7 Å². The van der Waals surface area contributed by atoms with Gasteiger partial charge in [-0.1, -0.05) is 26.0 Å². The molecule has 2 aromatic rings. The summed E-state index contributed by atoms with van der Waals surface area (Å²) >= 11 is 0. The van der Waals surface area contributed by atoms with Crippen LogP contribution in [0, 0.1) is 16.0 Å². The zero-order chi connectivity index (χ0) is 13.1. The van der Waals surface area contributed by atoms with Gasteiger partial charge in [0.25, 0.3) is 5.69 Å². The van der Waals surface area contributed by atoms with E-state index < -0.39 is 0 Å². The zero-order valence-corrected chi connectivity index (χ0v) is 10.8. The molecule has 2 rings (SSSR count). The summed E-state index contributed by atoms with van der Waals surface area (Å²) in [6.45, 7) is 5.22. The molecule has 0 spiro atoms. The van der Waals surface area contributed by atoms with Crippen LogP contribution in [0.5, 0.6) is 0 Å². The summed E-state index contributed by atoms with van der Waals surface area (Å²) in [6.07, 6.45) is 4.13. The van der Waals surface area contributed by atoms with Gasteiger partial charge in [0.1, 0.15) is 5.52 Å². The van der Waals surface area contributed by atoms with E-state index in [-0.39, 0.29) is 10.6 Å². The Kier molecular flexibility index (Phi) is 3.65. The second kappa shape index (κ2) is 5.21. The van der Waals surface area contributed by atoms with Crippen LogP contribution < -0.4 is 0 Å². The van der Waals surface area contributed by atoms with E-state index in [1.54, 1.807) is 12.1 Å². The van der Waals surface area contributed by atoms with Gasteiger partial charge in [0.15, 0.2) is 0 Å². The molecule has 0 atom stereocenters. The predicted molar refractivity (Wildman–Crippen MR) is 72.7 cm³/mol. The Morgan fingerprint density at radius 3 is 2.78 bits per heavy atom. The van der Waals surface area contributed by atoms with Gasteiger partial charge in [0, 0.05) is 24.2 Å². The number of aryl methyl sites for hydroxylation is 1. The van der Waals surface area contributed by atoms with Gasteiger partial charge in [-0.2, -0.15) is 0 Å². The lowest BCUT2D eigenvalue weighted by molar-refractivity contribution is -0.383. The average molecular weight is 246 g/mol. The number of nitro groups is 1. The molecule has 0 saturated carbocycles. The van der Waals surface area contributed by atoms with Gasteiger partial charge in [-0.3, -0.25) is 10.1 Å². The molecule has 0 aliphatic carbocycles. The molecule has 0 saturated heterocycles. The van der Waals surface area contributed by atoms with Crippen molar-refractivity contribution in [2.45, 2.75) is 33.2 Å². The van der Waals surface area contributed by atoms with E-state index in [1.807, 2.05) is 22.9 Å². The van der Waals surface area contributed by atoms with E-state index >= 15 is 0 Å². The Bertz CT molecular complexity index is 558. The third-order valence-corrected chi connectivity index (χ3v) is 3.14. The minimum Gasteiger partial charge on any atom is -0.342 e. The average Bonchev–Trinajstić information content (AvgIpc) is 2.72. The maximum atomic E-state index is 11.0. The summed E-state index contributed by atoms with van der Waals surface area (Å²) < 4.78 is 2.00. The molecule has 0 aliphatic heterocycles. The van der Waals surface area contributed by atoms with Gasteiger partial charge < -0.3 is 4.57 Å². The van der Waals surface area contributed by atoms with Gasteiger partial charge in [0.05, 0.1) is 4.92 Å². The highest BCUT2D eigenvalue weighted by Gasteiger charge is 2.14. The summed E-state index contributed by atoms with van der Waals surface area (Å²) in [5.41, 5.74) is 0.938. The summed E-state index contributed by atoms with van der Waals surface area (Å²) in [5, 5.41) is 12.0. The van der Waals surface area contributed by atoms with Crippen molar-refractivity contribution in [1.29, 1.82) is 0 Å². The number of nitro benzene ring substituents is 1. The Hall–Kier alpha value is -1.84. The molecular weight excluding hydrogens is 228 g/mol. The highest BCUT2D eigenvalue weighted by Crippen LogP contribution is 2.26. The van der Waals surface area contributed by atoms with Crippen molar-refractivity contribution >= 4 is 16.6 Å². The van der Waals surface area contributed by atoms with Gasteiger partial charge >= 0.3 is 0 Å². The first kappa shape index (κ1) is 12.6. The zero-order valence-electron chi connectivity index (χ0n) is 10.8. The monoisotopic (exact) mass is 246 g/mol. The van der Waals surface area contributed by atoms with E-state index in [0.29, 0.717) is 5.92 Å². The quantitative estimate of drug-likeness (QED) is 0.591. The van der Waals surface area contributed by atoms with Gasteiger partial charge in [0.2, 0.25) is 0 Å². The van der Waals surface area contributed by atoms with Gasteiger partial charge in [-0.15, -0.1) is 0 Å². The first-order valence-electron chi connectivity index (χ1n) is 6.32. The van der Waals surface area contributed by atoms with Crippen LogP contribution in [0.15, 0.2) is 30.5 Å². The fourth-order valence-electron chi connectivity index (χ4n) is 2.24. The molecule has 0 aliphatic rings. The topological polar surface area (TPSA) is 48.1 Å². The lowest BCUT2D eigenvalue weighted by atomic mass is 10.1. The molecule has 1 aromatic carbocycles. The molecular formula is C14H18N2O2. The maximum Gasteiger partial charge on any atom is 0.293 e. The normalized spacial score (nSPS) is 11.3. The summed E-state index contributed by atoms with van der Waals surface area (Å²) in [7, 11) is 0. The maximum absolute atomic E-state index is 11.0. The first-order chi connectivity index (χ1) is 8.59. The van der Waals surface area contributed by atoms with Crippen LogP contribution in [0.4, 0.5) is 5.69 Å². The second-order valence-corrected chi connectivity index (χ2v) is 5.02. The Morgan fingerprint density at radius 2 is 2.11 bits per heavy atom. The molecule has 4 heteroatoms. The van der Waals surface area contributed by atoms with Crippen molar-refractivity contribution in [2.75, 3.05) is 0 Å². The highest BCUT2D eigenvalue weighted by atomic mass is 16.6. The van der Waals surface area contributed by atoms with Crippen molar-refractivity contribution in [3.63, 3.8) is 0 Å². The molecule has 1 aromatic heterocycles. The van der Waals surface area contributed by atoms with Crippen LogP contribution >= 0.6 is 0 Å². The standard InChI is InChI=1S/C14H18N2O2/c1-11(2)5-4-9-15-10-8-12-6-3-7-13(14(12)15)16(17)18/h3,6-8,10-11H,4-5,9H2,1-2H3. The molecule has 0 unspecified atom stereocenters. The number of hydrogen-bond acceptors (Lipinski definition) is 2. The molecule has 4 nitrogen and oxygen atoms in total. The van der Waals surface area contributed by atoms with E-state index in [4.69, 9.17) is 0 Å². The summed E-state index contributed by atoms with van der Waals surface area (Å²) in [6, 6.07) is 7.17. The minimum atomic E-state index is -0.304. The largest absolute Gasteiger partial charge is 0.342 e. The third-order valence-electron chi connectivity index (χ3n) is 3.14. The number of rotatable bonds is 5. The van der Waals surface area contributed by atoms with E-state index in [2.05, 4.69) is 13.8 Å². The highest BCUT2D eigenvalue weighted by molar-refractivity contribution is 5.88. The molecule has 1 heterocycles. The minimum absolute atomic E-state index is 0.196. The smallest absolute Gasteiger partial charge is 0.293 e. The van der Waals surface area contributed by atoms with Crippen LogP contribution in [0.3, 0.4) is 0 Å². The molecule has 0 amide bonds. The molecule has 0 bridgehead atoms. The Balaban J connectivity index is 2.30. The molecule has 0 N–H and O–H groups in total. The third kappa shape index (κ3) is 2.53. The van der Waals surface area contributed by atoms with Crippen molar-refractivity contribution < 1.29 is 4.92 Å². The fourth-order valence-corrected chi connectivity index (χ4v) is 2.24. The lowest BCUT2D eigenvalue weighted by Gasteiger charge is -2.07. The number of non-ortho nitro benzene ring substituents is 1. The SMILES string of the molecule is CC(C)CCCn1ccc2cccc([N+](=O)[O-])c21. The van der Waals surface area contributed by atoms with Crippen molar-refractivity contribution in [3.05, 3.63) is 40.6 Å².